The standard InChI is InChI=1S/C16H21N3O4/c1-11-5-6-12(17-15(21)10-23-2)8-13(11)18-14(20)9-19-7-3-4-16(19)22/h5-6,8H,3-4,7,9-10H2,1-2H3,(H,17,21)(H,18,20). The molecular formula is C16H21N3O4. The molecule has 3 amide bonds. The lowest BCUT2D eigenvalue weighted by atomic mass is 10.1. The van der Waals surface area contributed by atoms with Gasteiger partial charge >= 0.3 is 0 Å². The van der Waals surface area contributed by atoms with Crippen LogP contribution in [0.15, 0.2) is 18.2 Å². The smallest absolute Gasteiger partial charge is 0.250 e. The van der Waals surface area contributed by atoms with E-state index in [-0.39, 0.29) is 30.9 Å². The topological polar surface area (TPSA) is 87.7 Å². The Morgan fingerprint density at radius 3 is 2.70 bits per heavy atom. The molecule has 1 aromatic rings. The number of amides is 3. The molecule has 1 aliphatic rings. The Morgan fingerprint density at radius 1 is 1.26 bits per heavy atom. The predicted octanol–water partition coefficient (Wildman–Crippen LogP) is 1.14. The van der Waals surface area contributed by atoms with E-state index in [1.54, 1.807) is 23.1 Å². The molecule has 1 aromatic carbocycles. The molecule has 7 nitrogen and oxygen atoms in total. The highest BCUT2D eigenvalue weighted by Gasteiger charge is 2.22. The van der Waals surface area contributed by atoms with Crippen molar-refractivity contribution in [2.24, 2.45) is 0 Å². The lowest BCUT2D eigenvalue weighted by Gasteiger charge is -2.16. The van der Waals surface area contributed by atoms with Crippen molar-refractivity contribution in [1.82, 2.24) is 4.90 Å². The van der Waals surface area contributed by atoms with Crippen LogP contribution in [0.5, 0.6) is 0 Å². The van der Waals surface area contributed by atoms with Crippen LogP contribution >= 0.6 is 0 Å². The van der Waals surface area contributed by atoms with E-state index in [1.807, 2.05) is 6.92 Å². The number of anilines is 2. The summed E-state index contributed by atoms with van der Waals surface area (Å²) in [5.41, 5.74) is 2.05. The van der Waals surface area contributed by atoms with Crippen molar-refractivity contribution >= 4 is 29.1 Å². The van der Waals surface area contributed by atoms with Crippen LogP contribution in [0.25, 0.3) is 0 Å². The van der Waals surface area contributed by atoms with Crippen molar-refractivity contribution in [2.45, 2.75) is 19.8 Å². The number of nitrogens with zero attached hydrogens (tertiary/aromatic N) is 1. The fraction of sp³-hybridized carbons (Fsp3) is 0.438. The van der Waals surface area contributed by atoms with Gasteiger partial charge in [0.15, 0.2) is 0 Å². The first-order chi connectivity index (χ1) is 11.0. The highest BCUT2D eigenvalue weighted by atomic mass is 16.5. The average Bonchev–Trinajstić information content (AvgIpc) is 2.88. The number of carbonyl (C=O) groups is 3. The largest absolute Gasteiger partial charge is 0.375 e. The maximum absolute atomic E-state index is 12.1. The van der Waals surface area contributed by atoms with E-state index in [0.29, 0.717) is 24.3 Å². The van der Waals surface area contributed by atoms with E-state index in [4.69, 9.17) is 4.74 Å². The number of hydrogen-bond donors (Lipinski definition) is 2. The van der Waals surface area contributed by atoms with Crippen LogP contribution in [0.3, 0.4) is 0 Å². The number of rotatable bonds is 6. The van der Waals surface area contributed by atoms with E-state index >= 15 is 0 Å². The number of carbonyl (C=O) groups excluding carboxylic acids is 3. The van der Waals surface area contributed by atoms with E-state index in [0.717, 1.165) is 12.0 Å². The zero-order valence-corrected chi connectivity index (χ0v) is 13.3. The normalized spacial score (nSPS) is 14.0. The summed E-state index contributed by atoms with van der Waals surface area (Å²) in [6, 6.07) is 5.24. The summed E-state index contributed by atoms with van der Waals surface area (Å²) in [6.45, 7) is 2.50. The first-order valence-corrected chi connectivity index (χ1v) is 7.46. The van der Waals surface area contributed by atoms with Gasteiger partial charge in [0.25, 0.3) is 0 Å². The van der Waals surface area contributed by atoms with Crippen molar-refractivity contribution in [3.05, 3.63) is 23.8 Å². The van der Waals surface area contributed by atoms with Crippen molar-refractivity contribution in [3.8, 4) is 0 Å². The molecule has 1 heterocycles. The van der Waals surface area contributed by atoms with Crippen LogP contribution in [-0.4, -0.2) is 49.4 Å². The highest BCUT2D eigenvalue weighted by Crippen LogP contribution is 2.20. The number of nitrogens with one attached hydrogen (secondary N) is 2. The zero-order chi connectivity index (χ0) is 16.8. The molecule has 0 aromatic heterocycles. The van der Waals surface area contributed by atoms with Crippen LogP contribution in [0.4, 0.5) is 11.4 Å². The van der Waals surface area contributed by atoms with Gasteiger partial charge in [-0.05, 0) is 31.0 Å². The summed E-state index contributed by atoms with van der Waals surface area (Å²) >= 11 is 0. The molecule has 0 aliphatic carbocycles. The Bertz CT molecular complexity index is 615. The van der Waals surface area contributed by atoms with Gasteiger partial charge in [0, 0.05) is 31.5 Å². The summed E-state index contributed by atoms with van der Waals surface area (Å²) in [5, 5.41) is 5.47. The lowest BCUT2D eigenvalue weighted by molar-refractivity contribution is -0.131. The molecule has 7 heteroatoms. The van der Waals surface area contributed by atoms with E-state index in [9.17, 15) is 14.4 Å². The summed E-state index contributed by atoms with van der Waals surface area (Å²) in [5.74, 6) is -0.502. The average molecular weight is 319 g/mol. The third kappa shape index (κ3) is 4.79. The molecule has 0 bridgehead atoms. The number of aryl methyl sites for hydroxylation is 1. The Balaban J connectivity index is 1.99. The summed E-state index contributed by atoms with van der Waals surface area (Å²) in [7, 11) is 1.44. The van der Waals surface area contributed by atoms with E-state index in [1.165, 1.54) is 7.11 Å². The fourth-order valence-corrected chi connectivity index (χ4v) is 2.40. The molecule has 1 aliphatic heterocycles. The Morgan fingerprint density at radius 2 is 2.04 bits per heavy atom. The monoisotopic (exact) mass is 319 g/mol. The van der Waals surface area contributed by atoms with Crippen LogP contribution < -0.4 is 10.6 Å². The number of methoxy groups -OCH3 is 1. The Kier molecular flexibility index (Phi) is 5.70. The molecule has 1 fully saturated rings. The SMILES string of the molecule is COCC(=O)Nc1ccc(C)c(NC(=O)CN2CCCC2=O)c1. The van der Waals surface area contributed by atoms with Gasteiger partial charge in [-0.3, -0.25) is 14.4 Å². The number of ether oxygens (including phenoxy) is 1. The van der Waals surface area contributed by atoms with Gasteiger partial charge in [0.2, 0.25) is 17.7 Å². The Hall–Kier alpha value is -2.41. The molecule has 1 saturated heterocycles. The van der Waals surface area contributed by atoms with Crippen molar-refractivity contribution < 1.29 is 19.1 Å². The second kappa shape index (κ2) is 7.73. The lowest BCUT2D eigenvalue weighted by Crippen LogP contribution is -2.34. The molecule has 23 heavy (non-hydrogen) atoms. The van der Waals surface area contributed by atoms with Gasteiger partial charge in [-0.25, -0.2) is 0 Å². The number of benzene rings is 1. The highest BCUT2D eigenvalue weighted by molar-refractivity contribution is 5.97. The minimum atomic E-state index is -0.267. The molecule has 124 valence electrons. The van der Waals surface area contributed by atoms with Crippen molar-refractivity contribution in [3.63, 3.8) is 0 Å². The molecular weight excluding hydrogens is 298 g/mol. The first kappa shape index (κ1) is 17.0. The second-order valence-electron chi connectivity index (χ2n) is 5.48. The van der Waals surface area contributed by atoms with Crippen molar-refractivity contribution in [2.75, 3.05) is 37.4 Å². The minimum Gasteiger partial charge on any atom is -0.375 e. The predicted molar refractivity (Wildman–Crippen MR) is 86.1 cm³/mol. The van der Waals surface area contributed by atoms with Crippen LogP contribution in [0.1, 0.15) is 18.4 Å². The van der Waals surface area contributed by atoms with Gasteiger partial charge in [0.05, 0.1) is 6.54 Å². The van der Waals surface area contributed by atoms with Gasteiger partial charge in [-0.15, -0.1) is 0 Å². The third-order valence-electron chi connectivity index (χ3n) is 3.58. The van der Waals surface area contributed by atoms with Gasteiger partial charge in [-0.2, -0.15) is 0 Å². The van der Waals surface area contributed by atoms with Crippen molar-refractivity contribution in [1.29, 1.82) is 0 Å². The molecule has 0 saturated carbocycles. The molecule has 2 N–H and O–H groups in total. The maximum atomic E-state index is 12.1. The van der Waals surface area contributed by atoms with Crippen LogP contribution in [0.2, 0.25) is 0 Å². The van der Waals surface area contributed by atoms with Gasteiger partial charge < -0.3 is 20.3 Å². The van der Waals surface area contributed by atoms with E-state index < -0.39 is 0 Å². The Labute approximate surface area is 135 Å². The molecule has 2 rings (SSSR count). The second-order valence-corrected chi connectivity index (χ2v) is 5.48. The third-order valence-corrected chi connectivity index (χ3v) is 3.58. The number of likely N-dealkylation sites (tertiary alicyclic amines) is 1. The molecule has 0 radical (unpaired) electrons. The van der Waals surface area contributed by atoms with E-state index in [2.05, 4.69) is 10.6 Å². The first-order valence-electron chi connectivity index (χ1n) is 7.46. The summed E-state index contributed by atoms with van der Waals surface area (Å²) in [4.78, 5) is 36.7. The number of hydrogen-bond acceptors (Lipinski definition) is 4. The fourth-order valence-electron chi connectivity index (χ4n) is 2.40. The van der Waals surface area contributed by atoms with Crippen LogP contribution in [0, 0.1) is 6.92 Å². The summed E-state index contributed by atoms with van der Waals surface area (Å²) in [6.07, 6.45) is 1.31. The van der Waals surface area contributed by atoms with Gasteiger partial charge in [-0.1, -0.05) is 6.07 Å². The van der Waals surface area contributed by atoms with Crippen LogP contribution in [-0.2, 0) is 19.1 Å². The van der Waals surface area contributed by atoms with Gasteiger partial charge in [0.1, 0.15) is 6.61 Å². The summed E-state index contributed by atoms with van der Waals surface area (Å²) < 4.78 is 4.76. The molecule has 0 atom stereocenters. The quantitative estimate of drug-likeness (QED) is 0.823. The molecule has 0 unspecified atom stereocenters. The molecule has 0 spiro atoms. The maximum Gasteiger partial charge on any atom is 0.250 e. The zero-order valence-electron chi connectivity index (χ0n) is 13.3. The minimum absolute atomic E-state index is 0.0115.